The van der Waals surface area contributed by atoms with Crippen LogP contribution in [0.15, 0.2) is 188 Å². The average molecular weight is 736 g/mol. The van der Waals surface area contributed by atoms with Gasteiger partial charge >= 0.3 is 0 Å². The molecule has 0 amide bonds. The fraction of sp³-hybridized carbons (Fsp3) is 0.179. The van der Waals surface area contributed by atoms with E-state index < -0.39 is 0 Å². The van der Waals surface area contributed by atoms with E-state index >= 15 is 0 Å². The van der Waals surface area contributed by atoms with Crippen molar-refractivity contribution in [3.05, 3.63) is 210 Å². The van der Waals surface area contributed by atoms with Crippen LogP contribution in [-0.2, 0) is 10.8 Å². The summed E-state index contributed by atoms with van der Waals surface area (Å²) in [5.41, 5.74) is 16.8. The Balaban J connectivity index is 1.09. The molecule has 278 valence electrons. The van der Waals surface area contributed by atoms with Crippen LogP contribution in [0, 0.1) is 0 Å². The van der Waals surface area contributed by atoms with Crippen molar-refractivity contribution in [1.82, 2.24) is 0 Å². The van der Waals surface area contributed by atoms with Gasteiger partial charge in [0.05, 0.1) is 0 Å². The summed E-state index contributed by atoms with van der Waals surface area (Å²) in [5.74, 6) is 0. The van der Waals surface area contributed by atoms with Crippen LogP contribution in [0.25, 0.3) is 44.2 Å². The van der Waals surface area contributed by atoms with E-state index in [2.05, 4.69) is 207 Å². The Morgan fingerprint density at radius 2 is 0.982 bits per heavy atom. The van der Waals surface area contributed by atoms with Crippen LogP contribution in [0.2, 0.25) is 0 Å². The van der Waals surface area contributed by atoms with Crippen LogP contribution in [0.5, 0.6) is 0 Å². The molecule has 0 atom stereocenters. The molecule has 2 aliphatic carbocycles. The Hall–Kier alpha value is -6.18. The minimum atomic E-state index is -0.150. The van der Waals surface area contributed by atoms with Gasteiger partial charge in [-0.25, -0.2) is 0 Å². The Labute approximate surface area is 338 Å². The van der Waals surface area contributed by atoms with E-state index in [1.54, 1.807) is 0 Å². The summed E-state index contributed by atoms with van der Waals surface area (Å²) in [5, 5.41) is 2.53. The smallest absolute Gasteiger partial charge is 0.0465 e. The van der Waals surface area contributed by atoms with Crippen LogP contribution in [0.4, 0.5) is 17.1 Å². The molecule has 0 heterocycles. The van der Waals surface area contributed by atoms with Gasteiger partial charge in [0.15, 0.2) is 0 Å². The molecular formula is C56H49N. The summed E-state index contributed by atoms with van der Waals surface area (Å²) in [6.07, 6.45) is 7.57. The van der Waals surface area contributed by atoms with Crippen molar-refractivity contribution in [2.75, 3.05) is 4.90 Å². The van der Waals surface area contributed by atoms with E-state index in [-0.39, 0.29) is 10.8 Å². The number of rotatable bonds is 7. The van der Waals surface area contributed by atoms with E-state index in [4.69, 9.17) is 0 Å². The van der Waals surface area contributed by atoms with Crippen molar-refractivity contribution >= 4 is 27.8 Å². The summed E-state index contributed by atoms with van der Waals surface area (Å²) in [6.45, 7) is 4.78. The van der Waals surface area contributed by atoms with E-state index in [1.165, 1.54) is 116 Å². The first-order valence-electron chi connectivity index (χ1n) is 20.9. The molecule has 0 aliphatic heterocycles. The van der Waals surface area contributed by atoms with Gasteiger partial charge in [-0.2, -0.15) is 0 Å². The van der Waals surface area contributed by atoms with Gasteiger partial charge in [0.2, 0.25) is 0 Å². The summed E-state index contributed by atoms with van der Waals surface area (Å²) in [6, 6.07) is 70.4. The molecular weight excluding hydrogens is 687 g/mol. The van der Waals surface area contributed by atoms with Crippen molar-refractivity contribution in [3.63, 3.8) is 0 Å². The third-order valence-corrected chi connectivity index (χ3v) is 13.2. The second kappa shape index (κ2) is 14.4. The zero-order valence-electron chi connectivity index (χ0n) is 33.1. The van der Waals surface area contributed by atoms with Gasteiger partial charge in [0, 0.05) is 27.9 Å². The average Bonchev–Trinajstić information content (AvgIpc) is 3.39. The highest BCUT2D eigenvalue weighted by atomic mass is 15.1. The van der Waals surface area contributed by atoms with Crippen LogP contribution in [0.1, 0.15) is 74.6 Å². The largest absolute Gasteiger partial charge is 0.310 e. The van der Waals surface area contributed by atoms with Gasteiger partial charge in [-0.1, -0.05) is 185 Å². The van der Waals surface area contributed by atoms with Crippen LogP contribution < -0.4 is 4.90 Å². The minimum absolute atomic E-state index is 0.0441. The van der Waals surface area contributed by atoms with Crippen molar-refractivity contribution < 1.29 is 0 Å². The molecule has 8 aromatic carbocycles. The van der Waals surface area contributed by atoms with Crippen LogP contribution in [-0.4, -0.2) is 0 Å². The van der Waals surface area contributed by atoms with Gasteiger partial charge in [0.25, 0.3) is 0 Å². The van der Waals surface area contributed by atoms with Gasteiger partial charge < -0.3 is 4.90 Å². The maximum Gasteiger partial charge on any atom is 0.0465 e. The SMILES string of the molecule is CC1(C)c2cc(N(c3ccc(-c4ccc5ccccc5c4)cc3)c3ccc(C4(c5ccccc5)CCCCCC4)cc3)ccc2-c2c(-c3ccccc3)cccc21. The molecule has 0 bridgehead atoms. The number of fused-ring (bicyclic) bond motifs is 4. The Morgan fingerprint density at radius 3 is 1.70 bits per heavy atom. The highest BCUT2D eigenvalue weighted by Crippen LogP contribution is 2.54. The first-order valence-corrected chi connectivity index (χ1v) is 20.9. The lowest BCUT2D eigenvalue weighted by Crippen LogP contribution is -2.27. The molecule has 10 rings (SSSR count). The van der Waals surface area contributed by atoms with Crippen molar-refractivity contribution in [1.29, 1.82) is 0 Å². The molecule has 0 unspecified atom stereocenters. The number of benzene rings is 8. The molecule has 0 aromatic heterocycles. The highest BCUT2D eigenvalue weighted by molar-refractivity contribution is 5.94. The van der Waals surface area contributed by atoms with Gasteiger partial charge in [-0.3, -0.25) is 0 Å². The van der Waals surface area contributed by atoms with Crippen LogP contribution in [0.3, 0.4) is 0 Å². The number of anilines is 3. The summed E-state index contributed by atoms with van der Waals surface area (Å²) < 4.78 is 0. The zero-order valence-corrected chi connectivity index (χ0v) is 33.1. The van der Waals surface area contributed by atoms with Crippen molar-refractivity contribution in [2.45, 2.75) is 63.2 Å². The van der Waals surface area contributed by atoms with E-state index in [0.29, 0.717) is 0 Å². The molecule has 0 N–H and O–H groups in total. The molecule has 0 saturated heterocycles. The number of nitrogens with zero attached hydrogens (tertiary/aromatic N) is 1. The second-order valence-electron chi connectivity index (χ2n) is 16.8. The topological polar surface area (TPSA) is 3.24 Å². The zero-order chi connectivity index (χ0) is 38.4. The Morgan fingerprint density at radius 1 is 0.386 bits per heavy atom. The Bertz CT molecular complexity index is 2680. The first kappa shape index (κ1) is 35.2. The standard InChI is InChI=1S/C56H49N/c1-55(2)52-23-15-22-50(42-17-7-5-8-18-42)54(52)51-35-34-49(39-53(51)55)57(47-30-26-41(27-31-47)44-25-24-40-16-11-12-19-43(40)38-44)48-32-28-46(29-33-48)56(36-13-3-4-14-37-56)45-20-9-6-10-21-45/h5-12,15-35,38-39H,3-4,13-14,36-37H2,1-2H3. The second-order valence-corrected chi connectivity index (χ2v) is 16.8. The van der Waals surface area contributed by atoms with Crippen LogP contribution >= 0.6 is 0 Å². The number of hydrogen-bond acceptors (Lipinski definition) is 1. The molecule has 1 nitrogen and oxygen atoms in total. The lowest BCUT2D eigenvalue weighted by atomic mass is 9.69. The predicted octanol–water partition coefficient (Wildman–Crippen LogP) is 15.6. The molecule has 57 heavy (non-hydrogen) atoms. The van der Waals surface area contributed by atoms with E-state index in [0.717, 1.165) is 5.69 Å². The maximum atomic E-state index is 2.47. The molecule has 0 spiro atoms. The minimum Gasteiger partial charge on any atom is -0.310 e. The molecule has 1 heteroatoms. The van der Waals surface area contributed by atoms with Crippen molar-refractivity contribution in [2.24, 2.45) is 0 Å². The maximum absolute atomic E-state index is 2.47. The lowest BCUT2D eigenvalue weighted by molar-refractivity contribution is 0.446. The normalized spacial score (nSPS) is 15.4. The number of hydrogen-bond donors (Lipinski definition) is 0. The van der Waals surface area contributed by atoms with Crippen molar-refractivity contribution in [3.8, 4) is 33.4 Å². The predicted molar refractivity (Wildman–Crippen MR) is 242 cm³/mol. The van der Waals surface area contributed by atoms with E-state index in [9.17, 15) is 0 Å². The molecule has 1 fully saturated rings. The summed E-state index contributed by atoms with van der Waals surface area (Å²) in [4.78, 5) is 2.47. The highest BCUT2D eigenvalue weighted by Gasteiger charge is 2.38. The Kier molecular flexibility index (Phi) is 8.90. The fourth-order valence-electron chi connectivity index (χ4n) is 10.2. The monoisotopic (exact) mass is 735 g/mol. The van der Waals surface area contributed by atoms with Gasteiger partial charge in [0.1, 0.15) is 0 Å². The summed E-state index contributed by atoms with van der Waals surface area (Å²) >= 11 is 0. The quantitative estimate of drug-likeness (QED) is 0.147. The van der Waals surface area contributed by atoms with Gasteiger partial charge in [-0.15, -0.1) is 0 Å². The fourth-order valence-corrected chi connectivity index (χ4v) is 10.2. The van der Waals surface area contributed by atoms with E-state index in [1.807, 2.05) is 0 Å². The summed E-state index contributed by atoms with van der Waals surface area (Å²) in [7, 11) is 0. The van der Waals surface area contributed by atoms with Gasteiger partial charge in [-0.05, 0) is 122 Å². The molecule has 0 radical (unpaired) electrons. The molecule has 2 aliphatic rings. The lowest BCUT2D eigenvalue weighted by Gasteiger charge is -2.35. The third-order valence-electron chi connectivity index (χ3n) is 13.2. The first-order chi connectivity index (χ1) is 28.0. The molecule has 1 saturated carbocycles. The molecule has 8 aromatic rings. The third kappa shape index (κ3) is 6.18.